The Kier molecular flexibility index (Phi) is 4.53. The van der Waals surface area contributed by atoms with Crippen LogP contribution in [0.25, 0.3) is 0 Å². The highest BCUT2D eigenvalue weighted by molar-refractivity contribution is 6.06. The number of aryl methyl sites for hydroxylation is 2. The third-order valence-corrected chi connectivity index (χ3v) is 3.71. The van der Waals surface area contributed by atoms with Crippen molar-refractivity contribution in [2.45, 2.75) is 26.7 Å². The maximum Gasteiger partial charge on any atom is 0.256 e. The average molecular weight is 307 g/mol. The number of halogens is 1. The normalized spacial score (nSPS) is 12.9. The van der Waals surface area contributed by atoms with Gasteiger partial charge in [-0.05, 0) is 44.4 Å². The van der Waals surface area contributed by atoms with Gasteiger partial charge in [0.05, 0.1) is 17.1 Å². The summed E-state index contributed by atoms with van der Waals surface area (Å²) in [5.41, 5.74) is 5.38. The highest BCUT2D eigenvalue weighted by atomic mass is 35.5. The van der Waals surface area contributed by atoms with Crippen LogP contribution < -0.4 is 10.6 Å². The molecule has 0 unspecified atom stereocenters. The van der Waals surface area contributed by atoms with E-state index in [-0.39, 0.29) is 18.3 Å². The fourth-order valence-corrected chi connectivity index (χ4v) is 2.64. The number of aromatic nitrogens is 2. The monoisotopic (exact) mass is 306 g/mol. The van der Waals surface area contributed by atoms with Gasteiger partial charge >= 0.3 is 0 Å². The Labute approximate surface area is 129 Å². The zero-order chi connectivity index (χ0) is 14.1. The van der Waals surface area contributed by atoms with Crippen LogP contribution >= 0.6 is 12.4 Å². The van der Waals surface area contributed by atoms with Crippen LogP contribution in [0.2, 0.25) is 0 Å². The topological polar surface area (TPSA) is 69.8 Å². The summed E-state index contributed by atoms with van der Waals surface area (Å²) in [5.74, 6) is -0.0712. The lowest BCUT2D eigenvalue weighted by Gasteiger charge is -2.20. The van der Waals surface area contributed by atoms with E-state index in [1.54, 1.807) is 0 Å². The number of hydrogen-bond donors (Lipinski definition) is 3. The molecule has 0 fully saturated rings. The molecule has 1 aromatic heterocycles. The van der Waals surface area contributed by atoms with Crippen molar-refractivity contribution in [1.29, 1.82) is 0 Å². The van der Waals surface area contributed by atoms with E-state index in [1.165, 1.54) is 0 Å². The summed E-state index contributed by atoms with van der Waals surface area (Å²) in [4.78, 5) is 12.5. The molecule has 2 heterocycles. The number of carbonyl (C=O) groups excluding carboxylic acids is 1. The van der Waals surface area contributed by atoms with E-state index in [2.05, 4.69) is 20.8 Å². The van der Waals surface area contributed by atoms with Crippen molar-refractivity contribution in [1.82, 2.24) is 10.2 Å². The summed E-state index contributed by atoms with van der Waals surface area (Å²) < 4.78 is 0. The average Bonchev–Trinajstić information content (AvgIpc) is 2.78. The van der Waals surface area contributed by atoms with Gasteiger partial charge in [0, 0.05) is 17.8 Å². The second kappa shape index (κ2) is 6.18. The predicted octanol–water partition coefficient (Wildman–Crippen LogP) is 3.06. The molecule has 0 radical (unpaired) electrons. The number of rotatable bonds is 2. The Balaban J connectivity index is 0.00000161. The van der Waals surface area contributed by atoms with E-state index in [0.717, 1.165) is 53.3 Å². The first kappa shape index (κ1) is 15.4. The van der Waals surface area contributed by atoms with Gasteiger partial charge in [-0.25, -0.2) is 0 Å². The zero-order valence-electron chi connectivity index (χ0n) is 12.1. The lowest BCUT2D eigenvalue weighted by atomic mass is 9.97. The van der Waals surface area contributed by atoms with Crippen molar-refractivity contribution in [3.63, 3.8) is 0 Å². The molecular weight excluding hydrogens is 288 g/mol. The predicted molar refractivity (Wildman–Crippen MR) is 86.5 cm³/mol. The number of fused-ring (bicyclic) bond motifs is 1. The Bertz CT molecular complexity index is 646. The summed E-state index contributed by atoms with van der Waals surface area (Å²) >= 11 is 0. The molecule has 1 aromatic carbocycles. The van der Waals surface area contributed by atoms with Gasteiger partial charge in [-0.15, -0.1) is 12.4 Å². The number of nitrogens with zero attached hydrogens (tertiary/aromatic N) is 1. The molecule has 6 heteroatoms. The smallest absolute Gasteiger partial charge is 0.256 e. The second-order valence-electron chi connectivity index (χ2n) is 5.13. The number of amides is 1. The number of benzene rings is 1. The molecule has 1 aliphatic rings. The highest BCUT2D eigenvalue weighted by Gasteiger charge is 2.19. The summed E-state index contributed by atoms with van der Waals surface area (Å²) in [5, 5.41) is 13.3. The van der Waals surface area contributed by atoms with Gasteiger partial charge in [-0.2, -0.15) is 5.10 Å². The first-order valence-electron chi connectivity index (χ1n) is 6.85. The fourth-order valence-electron chi connectivity index (χ4n) is 2.64. The van der Waals surface area contributed by atoms with Gasteiger partial charge in [-0.1, -0.05) is 6.07 Å². The lowest BCUT2D eigenvalue weighted by molar-refractivity contribution is 0.102. The first-order valence-corrected chi connectivity index (χ1v) is 6.85. The van der Waals surface area contributed by atoms with E-state index in [1.807, 2.05) is 32.0 Å². The quantitative estimate of drug-likeness (QED) is 0.798. The third-order valence-electron chi connectivity index (χ3n) is 3.71. The molecule has 5 nitrogen and oxygen atoms in total. The Hall–Kier alpha value is -2.01. The molecule has 0 bridgehead atoms. The Morgan fingerprint density at radius 2 is 2.14 bits per heavy atom. The van der Waals surface area contributed by atoms with Gasteiger partial charge in [0.25, 0.3) is 5.91 Å². The minimum atomic E-state index is -0.0712. The SMILES string of the molecule is Cc1n[nH]c(C)c1NC(=O)c1cccc2c1CCCN2.Cl. The third kappa shape index (κ3) is 2.88. The molecule has 2 aromatic rings. The highest BCUT2D eigenvalue weighted by Crippen LogP contribution is 2.26. The maximum absolute atomic E-state index is 12.5. The second-order valence-corrected chi connectivity index (χ2v) is 5.13. The van der Waals surface area contributed by atoms with Gasteiger partial charge in [0.15, 0.2) is 0 Å². The number of carbonyl (C=O) groups is 1. The number of aromatic amines is 1. The summed E-state index contributed by atoms with van der Waals surface area (Å²) in [6.07, 6.45) is 2.00. The molecule has 0 saturated carbocycles. The number of nitrogens with one attached hydrogen (secondary N) is 3. The minimum Gasteiger partial charge on any atom is -0.385 e. The maximum atomic E-state index is 12.5. The largest absolute Gasteiger partial charge is 0.385 e. The zero-order valence-corrected chi connectivity index (χ0v) is 12.9. The number of anilines is 2. The molecule has 0 spiro atoms. The molecule has 112 valence electrons. The summed E-state index contributed by atoms with van der Waals surface area (Å²) in [6, 6.07) is 5.83. The van der Waals surface area contributed by atoms with Crippen molar-refractivity contribution in [3.8, 4) is 0 Å². The van der Waals surface area contributed by atoms with Crippen LogP contribution in [0.4, 0.5) is 11.4 Å². The van der Waals surface area contributed by atoms with Gasteiger partial charge < -0.3 is 10.6 Å². The molecule has 0 aliphatic carbocycles. The van der Waals surface area contributed by atoms with Crippen LogP contribution in [0.15, 0.2) is 18.2 Å². The van der Waals surface area contributed by atoms with E-state index >= 15 is 0 Å². The summed E-state index contributed by atoms with van der Waals surface area (Å²) in [6.45, 7) is 4.75. The first-order chi connectivity index (χ1) is 9.66. The van der Waals surface area contributed by atoms with E-state index in [0.29, 0.717) is 0 Å². The fraction of sp³-hybridized carbons (Fsp3) is 0.333. The summed E-state index contributed by atoms with van der Waals surface area (Å²) in [7, 11) is 0. The van der Waals surface area contributed by atoms with Crippen LogP contribution in [0.1, 0.15) is 33.7 Å². The minimum absolute atomic E-state index is 0. The Morgan fingerprint density at radius 3 is 2.86 bits per heavy atom. The molecule has 0 saturated heterocycles. The lowest BCUT2D eigenvalue weighted by Crippen LogP contribution is -2.19. The van der Waals surface area contributed by atoms with Gasteiger partial charge in [0.2, 0.25) is 0 Å². The van der Waals surface area contributed by atoms with Crippen LogP contribution in [0.5, 0.6) is 0 Å². The molecular formula is C15H19ClN4O. The molecule has 3 N–H and O–H groups in total. The van der Waals surface area contributed by atoms with Crippen molar-refractivity contribution >= 4 is 29.7 Å². The van der Waals surface area contributed by atoms with E-state index in [4.69, 9.17) is 0 Å². The molecule has 1 amide bonds. The van der Waals surface area contributed by atoms with Crippen molar-refractivity contribution in [3.05, 3.63) is 40.7 Å². The van der Waals surface area contributed by atoms with Crippen LogP contribution in [0.3, 0.4) is 0 Å². The van der Waals surface area contributed by atoms with Crippen LogP contribution in [-0.2, 0) is 6.42 Å². The number of H-pyrrole nitrogens is 1. The van der Waals surface area contributed by atoms with E-state index in [9.17, 15) is 4.79 Å². The van der Waals surface area contributed by atoms with E-state index < -0.39 is 0 Å². The molecule has 21 heavy (non-hydrogen) atoms. The Morgan fingerprint density at radius 1 is 1.33 bits per heavy atom. The number of hydrogen-bond acceptors (Lipinski definition) is 3. The molecule has 1 aliphatic heterocycles. The van der Waals surface area contributed by atoms with Crippen molar-refractivity contribution in [2.75, 3.05) is 17.2 Å². The standard InChI is InChI=1S/C15H18N4O.ClH/c1-9-14(10(2)19-18-9)17-15(20)12-5-3-7-13-11(12)6-4-8-16-13;/h3,5,7,16H,4,6,8H2,1-2H3,(H,17,20)(H,18,19);1H. The van der Waals surface area contributed by atoms with Gasteiger partial charge in [-0.3, -0.25) is 9.89 Å². The van der Waals surface area contributed by atoms with Crippen molar-refractivity contribution in [2.24, 2.45) is 0 Å². The van der Waals surface area contributed by atoms with Crippen LogP contribution in [-0.4, -0.2) is 22.6 Å². The van der Waals surface area contributed by atoms with Crippen LogP contribution in [0, 0.1) is 13.8 Å². The van der Waals surface area contributed by atoms with Crippen molar-refractivity contribution < 1.29 is 4.79 Å². The van der Waals surface area contributed by atoms with Gasteiger partial charge in [0.1, 0.15) is 0 Å². The molecule has 3 rings (SSSR count). The molecule has 0 atom stereocenters.